The third-order valence-electron chi connectivity index (χ3n) is 2.57. The summed E-state index contributed by atoms with van der Waals surface area (Å²) < 4.78 is 2.04. The predicted molar refractivity (Wildman–Crippen MR) is 68.4 cm³/mol. The maximum atomic E-state index is 10.9. The number of hydrogen-bond donors (Lipinski definition) is 1. The summed E-state index contributed by atoms with van der Waals surface area (Å²) in [6, 6.07) is 7.84. The lowest BCUT2D eigenvalue weighted by Gasteiger charge is -2.07. The van der Waals surface area contributed by atoms with Crippen molar-refractivity contribution in [1.82, 2.24) is 9.55 Å². The van der Waals surface area contributed by atoms with Gasteiger partial charge in [-0.1, -0.05) is 23.9 Å². The Morgan fingerprint density at radius 2 is 2.24 bits per heavy atom. The standard InChI is InChI=1S/C12H14N2O2S/c1-3-14-10-7-5-4-6-9(10)13-12(14)17-8(2)11(15)16/h4-8H,3H2,1-2H3,(H,15,16)/t8-/m1/s1. The number of para-hydroxylation sites is 2. The van der Waals surface area contributed by atoms with Gasteiger partial charge in [-0.15, -0.1) is 0 Å². The van der Waals surface area contributed by atoms with Crippen molar-refractivity contribution in [3.05, 3.63) is 24.3 Å². The summed E-state index contributed by atoms with van der Waals surface area (Å²) in [6.45, 7) is 4.49. The number of thioether (sulfide) groups is 1. The molecule has 1 atom stereocenters. The summed E-state index contributed by atoms with van der Waals surface area (Å²) in [5, 5.41) is 9.20. The third-order valence-corrected chi connectivity index (χ3v) is 3.64. The van der Waals surface area contributed by atoms with Crippen LogP contribution in [-0.2, 0) is 11.3 Å². The van der Waals surface area contributed by atoms with Gasteiger partial charge in [-0.2, -0.15) is 0 Å². The number of imidazole rings is 1. The van der Waals surface area contributed by atoms with Gasteiger partial charge in [0.2, 0.25) is 0 Å². The molecule has 0 radical (unpaired) electrons. The molecule has 0 saturated heterocycles. The highest BCUT2D eigenvalue weighted by molar-refractivity contribution is 8.00. The second-order valence-electron chi connectivity index (χ2n) is 3.73. The second kappa shape index (κ2) is 4.79. The maximum Gasteiger partial charge on any atom is 0.316 e. The molecule has 1 heterocycles. The summed E-state index contributed by atoms with van der Waals surface area (Å²) in [5.74, 6) is -0.815. The molecule has 90 valence electrons. The van der Waals surface area contributed by atoms with E-state index < -0.39 is 11.2 Å². The van der Waals surface area contributed by atoms with Gasteiger partial charge in [-0.25, -0.2) is 4.98 Å². The van der Waals surface area contributed by atoms with Crippen molar-refractivity contribution in [2.45, 2.75) is 30.8 Å². The minimum absolute atomic E-state index is 0.489. The molecular formula is C12H14N2O2S. The van der Waals surface area contributed by atoms with Crippen molar-refractivity contribution < 1.29 is 9.90 Å². The first kappa shape index (κ1) is 12.0. The fourth-order valence-corrected chi connectivity index (χ4v) is 2.58. The molecular weight excluding hydrogens is 236 g/mol. The van der Waals surface area contributed by atoms with Gasteiger partial charge < -0.3 is 9.67 Å². The van der Waals surface area contributed by atoms with Crippen LogP contribution in [0.25, 0.3) is 11.0 Å². The lowest BCUT2D eigenvalue weighted by Crippen LogP contribution is -2.12. The highest BCUT2D eigenvalue weighted by Gasteiger charge is 2.17. The lowest BCUT2D eigenvalue weighted by molar-refractivity contribution is -0.136. The van der Waals surface area contributed by atoms with E-state index in [1.165, 1.54) is 11.8 Å². The quantitative estimate of drug-likeness (QED) is 0.847. The van der Waals surface area contributed by atoms with Crippen LogP contribution < -0.4 is 0 Å². The van der Waals surface area contributed by atoms with Gasteiger partial charge in [-0.05, 0) is 26.0 Å². The van der Waals surface area contributed by atoms with E-state index in [9.17, 15) is 4.79 Å². The van der Waals surface area contributed by atoms with Crippen LogP contribution in [0.1, 0.15) is 13.8 Å². The first-order valence-electron chi connectivity index (χ1n) is 5.48. The van der Waals surface area contributed by atoms with Crippen molar-refractivity contribution in [2.75, 3.05) is 0 Å². The minimum atomic E-state index is -0.815. The number of carbonyl (C=O) groups is 1. The van der Waals surface area contributed by atoms with E-state index in [-0.39, 0.29) is 0 Å². The number of aryl methyl sites for hydroxylation is 1. The average Bonchev–Trinajstić information content (AvgIpc) is 2.65. The molecule has 1 N–H and O–H groups in total. The van der Waals surface area contributed by atoms with E-state index >= 15 is 0 Å². The Kier molecular flexibility index (Phi) is 3.38. The molecule has 0 amide bonds. The fraction of sp³-hybridized carbons (Fsp3) is 0.333. The van der Waals surface area contributed by atoms with Crippen LogP contribution in [0.15, 0.2) is 29.4 Å². The molecule has 2 aromatic rings. The zero-order valence-electron chi connectivity index (χ0n) is 9.75. The van der Waals surface area contributed by atoms with E-state index in [0.29, 0.717) is 0 Å². The SMILES string of the molecule is CCn1c(S[C@H](C)C(=O)O)nc2ccccc21. The summed E-state index contributed by atoms with van der Waals surface area (Å²) in [7, 11) is 0. The topological polar surface area (TPSA) is 55.1 Å². The minimum Gasteiger partial charge on any atom is -0.480 e. The number of aliphatic carboxylic acids is 1. The zero-order valence-corrected chi connectivity index (χ0v) is 10.6. The summed E-state index contributed by atoms with van der Waals surface area (Å²) in [4.78, 5) is 15.3. The lowest BCUT2D eigenvalue weighted by atomic mass is 10.3. The van der Waals surface area contributed by atoms with Crippen LogP contribution in [0.3, 0.4) is 0 Å². The summed E-state index contributed by atoms with van der Waals surface area (Å²) in [5.41, 5.74) is 1.96. The van der Waals surface area contributed by atoms with Crippen molar-refractivity contribution in [3.8, 4) is 0 Å². The number of nitrogens with zero attached hydrogens (tertiary/aromatic N) is 2. The molecule has 2 rings (SSSR count). The maximum absolute atomic E-state index is 10.9. The molecule has 0 aliphatic rings. The van der Waals surface area contributed by atoms with Gasteiger partial charge in [0.1, 0.15) is 5.25 Å². The van der Waals surface area contributed by atoms with Crippen LogP contribution in [0.5, 0.6) is 0 Å². The summed E-state index contributed by atoms with van der Waals surface area (Å²) in [6.07, 6.45) is 0. The zero-order chi connectivity index (χ0) is 12.4. The molecule has 4 nitrogen and oxygen atoms in total. The molecule has 1 aromatic carbocycles. The van der Waals surface area contributed by atoms with Crippen molar-refractivity contribution in [2.24, 2.45) is 0 Å². The molecule has 0 aliphatic carbocycles. The fourth-order valence-electron chi connectivity index (χ4n) is 1.66. The van der Waals surface area contributed by atoms with Crippen LogP contribution in [0.2, 0.25) is 0 Å². The smallest absolute Gasteiger partial charge is 0.316 e. The van der Waals surface area contributed by atoms with Gasteiger partial charge in [-0.3, -0.25) is 4.79 Å². The van der Waals surface area contributed by atoms with Gasteiger partial charge in [0.15, 0.2) is 5.16 Å². The van der Waals surface area contributed by atoms with Gasteiger partial charge in [0, 0.05) is 6.54 Å². The molecule has 0 bridgehead atoms. The van der Waals surface area contributed by atoms with E-state index in [0.717, 1.165) is 22.7 Å². The number of hydrogen-bond acceptors (Lipinski definition) is 3. The Balaban J connectivity index is 2.43. The van der Waals surface area contributed by atoms with E-state index in [1.807, 2.05) is 35.8 Å². The highest BCUT2D eigenvalue weighted by atomic mass is 32.2. The Morgan fingerprint density at radius 1 is 1.53 bits per heavy atom. The Morgan fingerprint density at radius 3 is 2.88 bits per heavy atom. The Hall–Kier alpha value is -1.49. The van der Waals surface area contributed by atoms with E-state index in [2.05, 4.69) is 4.98 Å². The molecule has 0 spiro atoms. The van der Waals surface area contributed by atoms with Gasteiger partial charge >= 0.3 is 5.97 Å². The number of carboxylic acids is 1. The molecule has 0 unspecified atom stereocenters. The van der Waals surface area contributed by atoms with Crippen LogP contribution >= 0.6 is 11.8 Å². The van der Waals surface area contributed by atoms with Crippen molar-refractivity contribution >= 4 is 28.8 Å². The average molecular weight is 250 g/mol. The van der Waals surface area contributed by atoms with Crippen molar-refractivity contribution in [3.63, 3.8) is 0 Å². The number of rotatable bonds is 4. The number of carboxylic acid groups (broad SMARTS) is 1. The predicted octanol–water partition coefficient (Wildman–Crippen LogP) is 2.62. The highest BCUT2D eigenvalue weighted by Crippen LogP contribution is 2.27. The number of aromatic nitrogens is 2. The Labute approximate surface area is 104 Å². The van der Waals surface area contributed by atoms with Crippen LogP contribution in [0.4, 0.5) is 0 Å². The van der Waals surface area contributed by atoms with Crippen LogP contribution in [-0.4, -0.2) is 25.9 Å². The van der Waals surface area contributed by atoms with E-state index in [4.69, 9.17) is 5.11 Å². The van der Waals surface area contributed by atoms with Gasteiger partial charge in [0.05, 0.1) is 11.0 Å². The molecule has 5 heteroatoms. The third kappa shape index (κ3) is 2.29. The first-order chi connectivity index (χ1) is 8.13. The second-order valence-corrected chi connectivity index (χ2v) is 5.03. The van der Waals surface area contributed by atoms with E-state index in [1.54, 1.807) is 6.92 Å². The largest absolute Gasteiger partial charge is 0.480 e. The van der Waals surface area contributed by atoms with Crippen LogP contribution in [0, 0.1) is 0 Å². The molecule has 17 heavy (non-hydrogen) atoms. The monoisotopic (exact) mass is 250 g/mol. The number of benzene rings is 1. The summed E-state index contributed by atoms with van der Waals surface area (Å²) >= 11 is 1.28. The first-order valence-corrected chi connectivity index (χ1v) is 6.36. The molecule has 0 fully saturated rings. The normalized spacial score (nSPS) is 12.8. The molecule has 0 aliphatic heterocycles. The molecule has 1 aromatic heterocycles. The Bertz CT molecular complexity index is 550. The van der Waals surface area contributed by atoms with Gasteiger partial charge in [0.25, 0.3) is 0 Å². The van der Waals surface area contributed by atoms with Crippen molar-refractivity contribution in [1.29, 1.82) is 0 Å². The molecule has 0 saturated carbocycles. The number of fused-ring (bicyclic) bond motifs is 1.